The van der Waals surface area contributed by atoms with E-state index in [2.05, 4.69) is 5.32 Å². The van der Waals surface area contributed by atoms with Gasteiger partial charge in [-0.15, -0.1) is 0 Å². The Hall–Kier alpha value is -2.91. The number of ether oxygens (including phenoxy) is 2. The summed E-state index contributed by atoms with van der Waals surface area (Å²) < 4.78 is 33.3. The molecular weight excluding hydrogens is 372 g/mol. The number of hydrogen-bond donors (Lipinski definition) is 2. The van der Waals surface area contributed by atoms with Crippen molar-refractivity contribution in [3.8, 4) is 11.5 Å². The molecule has 0 aliphatic carbocycles. The molecule has 0 saturated heterocycles. The molecule has 0 radical (unpaired) electrons. The molecule has 0 saturated carbocycles. The number of ketones is 1. The molecule has 2 aromatic rings. The number of primary sulfonamides is 1. The number of anilines is 1. The van der Waals surface area contributed by atoms with Gasteiger partial charge in [-0.3, -0.25) is 9.59 Å². The lowest BCUT2D eigenvalue weighted by atomic mass is 10.1. The Balaban J connectivity index is 1.55. The predicted octanol–water partition coefficient (Wildman–Crippen LogP) is 1.71. The van der Waals surface area contributed by atoms with Gasteiger partial charge in [0.05, 0.1) is 4.90 Å². The molecule has 3 N–H and O–H groups in total. The minimum atomic E-state index is -3.78. The Morgan fingerprint density at radius 3 is 2.30 bits per heavy atom. The number of benzene rings is 2. The van der Waals surface area contributed by atoms with Crippen LogP contribution >= 0.6 is 0 Å². The molecule has 0 atom stereocenters. The molecule has 1 aliphatic heterocycles. The molecular formula is C18H18N2O6S. The van der Waals surface area contributed by atoms with Gasteiger partial charge in [-0.05, 0) is 42.5 Å². The summed E-state index contributed by atoms with van der Waals surface area (Å²) >= 11 is 0. The van der Waals surface area contributed by atoms with Crippen LogP contribution in [-0.4, -0.2) is 33.3 Å². The maximum atomic E-state index is 12.3. The Bertz CT molecular complexity index is 970. The molecule has 142 valence electrons. The Morgan fingerprint density at radius 2 is 1.63 bits per heavy atom. The van der Waals surface area contributed by atoms with E-state index in [-0.39, 0.29) is 29.4 Å². The number of rotatable bonds is 6. The molecule has 8 nitrogen and oxygen atoms in total. The SMILES string of the molecule is NS(=O)(=O)c1ccc(NC(=O)CCC(=O)c2ccc3c(c2)OCCO3)cc1. The first-order valence-corrected chi connectivity index (χ1v) is 9.73. The lowest BCUT2D eigenvalue weighted by Gasteiger charge is -2.18. The molecule has 27 heavy (non-hydrogen) atoms. The number of fused-ring (bicyclic) bond motifs is 1. The largest absolute Gasteiger partial charge is 0.486 e. The fraction of sp³-hybridized carbons (Fsp3) is 0.222. The van der Waals surface area contributed by atoms with Gasteiger partial charge in [0.1, 0.15) is 13.2 Å². The Kier molecular flexibility index (Phi) is 5.43. The molecule has 0 fully saturated rings. The van der Waals surface area contributed by atoms with Gasteiger partial charge >= 0.3 is 0 Å². The van der Waals surface area contributed by atoms with E-state index in [0.717, 1.165) is 0 Å². The number of carbonyl (C=O) groups excluding carboxylic acids is 2. The molecule has 0 spiro atoms. The lowest BCUT2D eigenvalue weighted by Crippen LogP contribution is -2.16. The standard InChI is InChI=1S/C18H18N2O6S/c19-27(23,24)14-4-2-13(3-5-14)20-18(22)8-6-15(21)12-1-7-16-17(11-12)26-10-9-25-16/h1-5,7,11H,6,8-10H2,(H,20,22)(H2,19,23,24). The fourth-order valence-corrected chi connectivity index (χ4v) is 3.06. The zero-order chi connectivity index (χ0) is 19.4. The van der Waals surface area contributed by atoms with Crippen molar-refractivity contribution in [2.24, 2.45) is 5.14 Å². The molecule has 0 aromatic heterocycles. The first kappa shape index (κ1) is 18.9. The summed E-state index contributed by atoms with van der Waals surface area (Å²) in [6.45, 7) is 0.899. The van der Waals surface area contributed by atoms with E-state index in [1.807, 2.05) is 0 Å². The van der Waals surface area contributed by atoms with Crippen molar-refractivity contribution in [3.05, 3.63) is 48.0 Å². The third-order valence-corrected chi connectivity index (χ3v) is 4.84. The smallest absolute Gasteiger partial charge is 0.238 e. The summed E-state index contributed by atoms with van der Waals surface area (Å²) in [5.74, 6) is 0.570. The van der Waals surface area contributed by atoms with Gasteiger partial charge < -0.3 is 14.8 Å². The van der Waals surface area contributed by atoms with Gasteiger partial charge in [0.25, 0.3) is 0 Å². The van der Waals surface area contributed by atoms with Crippen molar-refractivity contribution < 1.29 is 27.5 Å². The van der Waals surface area contributed by atoms with E-state index in [9.17, 15) is 18.0 Å². The van der Waals surface area contributed by atoms with Gasteiger partial charge in [-0.1, -0.05) is 0 Å². The highest BCUT2D eigenvalue weighted by atomic mass is 32.2. The zero-order valence-corrected chi connectivity index (χ0v) is 15.1. The number of Topliss-reactive ketones (excluding diaryl/α,β-unsaturated/α-hetero) is 1. The van der Waals surface area contributed by atoms with Gasteiger partial charge in [-0.25, -0.2) is 13.6 Å². The maximum Gasteiger partial charge on any atom is 0.238 e. The van der Waals surface area contributed by atoms with Crippen LogP contribution in [0.1, 0.15) is 23.2 Å². The maximum absolute atomic E-state index is 12.3. The van der Waals surface area contributed by atoms with Crippen LogP contribution in [-0.2, 0) is 14.8 Å². The third kappa shape index (κ3) is 4.83. The summed E-state index contributed by atoms with van der Waals surface area (Å²) in [7, 11) is -3.78. The highest BCUT2D eigenvalue weighted by Gasteiger charge is 2.16. The number of sulfonamides is 1. The first-order valence-electron chi connectivity index (χ1n) is 8.18. The Morgan fingerprint density at radius 1 is 0.963 bits per heavy atom. The van der Waals surface area contributed by atoms with Crippen LogP contribution in [0.3, 0.4) is 0 Å². The summed E-state index contributed by atoms with van der Waals surface area (Å²) in [4.78, 5) is 24.3. The van der Waals surface area contributed by atoms with Crippen LogP contribution in [0.2, 0.25) is 0 Å². The molecule has 1 aliphatic rings. The van der Waals surface area contributed by atoms with Gasteiger partial charge in [0.15, 0.2) is 17.3 Å². The van der Waals surface area contributed by atoms with E-state index >= 15 is 0 Å². The van der Waals surface area contributed by atoms with Crippen LogP contribution in [0.15, 0.2) is 47.4 Å². The molecule has 0 bridgehead atoms. The minimum Gasteiger partial charge on any atom is -0.486 e. The van der Waals surface area contributed by atoms with Gasteiger partial charge in [0.2, 0.25) is 15.9 Å². The molecule has 1 heterocycles. The van der Waals surface area contributed by atoms with Crippen molar-refractivity contribution in [2.45, 2.75) is 17.7 Å². The average molecular weight is 390 g/mol. The number of hydrogen-bond acceptors (Lipinski definition) is 6. The van der Waals surface area contributed by atoms with Crippen LogP contribution in [0.4, 0.5) is 5.69 Å². The number of amides is 1. The molecule has 2 aromatic carbocycles. The van der Waals surface area contributed by atoms with E-state index in [1.165, 1.54) is 24.3 Å². The van der Waals surface area contributed by atoms with E-state index in [4.69, 9.17) is 14.6 Å². The summed E-state index contributed by atoms with van der Waals surface area (Å²) in [6.07, 6.45) is 0.0188. The van der Waals surface area contributed by atoms with Crippen LogP contribution in [0, 0.1) is 0 Å². The van der Waals surface area contributed by atoms with E-state index in [1.54, 1.807) is 18.2 Å². The average Bonchev–Trinajstić information content (AvgIpc) is 2.65. The highest BCUT2D eigenvalue weighted by Crippen LogP contribution is 2.31. The van der Waals surface area contributed by atoms with Crippen LogP contribution < -0.4 is 19.9 Å². The second-order valence-electron chi connectivity index (χ2n) is 5.90. The lowest BCUT2D eigenvalue weighted by molar-refractivity contribution is -0.116. The summed E-state index contributed by atoms with van der Waals surface area (Å²) in [5.41, 5.74) is 0.865. The third-order valence-electron chi connectivity index (χ3n) is 3.91. The van der Waals surface area contributed by atoms with Crippen LogP contribution in [0.5, 0.6) is 11.5 Å². The fourth-order valence-electron chi connectivity index (χ4n) is 2.54. The zero-order valence-electron chi connectivity index (χ0n) is 14.3. The minimum absolute atomic E-state index is 0.00971. The van der Waals surface area contributed by atoms with Gasteiger partial charge in [-0.2, -0.15) is 0 Å². The molecule has 3 rings (SSSR count). The topological polar surface area (TPSA) is 125 Å². The Labute approximate surface area is 156 Å². The molecule has 1 amide bonds. The van der Waals surface area contributed by atoms with Crippen molar-refractivity contribution in [3.63, 3.8) is 0 Å². The van der Waals surface area contributed by atoms with Crippen LogP contribution in [0.25, 0.3) is 0 Å². The van der Waals surface area contributed by atoms with Crippen molar-refractivity contribution in [2.75, 3.05) is 18.5 Å². The molecule has 0 unspecified atom stereocenters. The highest BCUT2D eigenvalue weighted by molar-refractivity contribution is 7.89. The van der Waals surface area contributed by atoms with E-state index < -0.39 is 10.0 Å². The van der Waals surface area contributed by atoms with Crippen molar-refractivity contribution in [1.29, 1.82) is 0 Å². The van der Waals surface area contributed by atoms with Gasteiger partial charge in [0, 0.05) is 24.1 Å². The normalized spacial score (nSPS) is 13.1. The molecule has 9 heteroatoms. The quantitative estimate of drug-likeness (QED) is 0.724. The first-order chi connectivity index (χ1) is 12.8. The van der Waals surface area contributed by atoms with E-state index in [0.29, 0.717) is 36.0 Å². The summed E-state index contributed by atoms with van der Waals surface area (Å²) in [6, 6.07) is 10.4. The second kappa shape index (κ2) is 7.77. The number of nitrogens with one attached hydrogen (secondary N) is 1. The van der Waals surface area contributed by atoms with Crippen molar-refractivity contribution in [1.82, 2.24) is 0 Å². The second-order valence-corrected chi connectivity index (χ2v) is 7.46. The number of carbonyl (C=O) groups is 2. The number of nitrogens with two attached hydrogens (primary N) is 1. The monoisotopic (exact) mass is 390 g/mol. The predicted molar refractivity (Wildman–Crippen MR) is 97.4 cm³/mol. The summed E-state index contributed by atoms with van der Waals surface area (Å²) in [5, 5.41) is 7.62. The van der Waals surface area contributed by atoms with Crippen molar-refractivity contribution >= 4 is 27.4 Å².